The van der Waals surface area contributed by atoms with Crippen molar-refractivity contribution in [2.75, 3.05) is 26.2 Å². The largest absolute Gasteiger partial charge is 0.484 e. The van der Waals surface area contributed by atoms with Gasteiger partial charge in [0.15, 0.2) is 6.61 Å². The molecule has 25 heavy (non-hydrogen) atoms. The van der Waals surface area contributed by atoms with Gasteiger partial charge in [0.1, 0.15) is 5.75 Å². The normalized spacial score (nSPS) is 16.0. The second-order valence-electron chi connectivity index (χ2n) is 6.57. The van der Waals surface area contributed by atoms with Gasteiger partial charge in [0, 0.05) is 19.6 Å². The highest BCUT2D eigenvalue weighted by molar-refractivity contribution is 7.89. The number of rotatable bonds is 8. The molecule has 1 aromatic rings. The number of ether oxygens (including phenoxy) is 1. The summed E-state index contributed by atoms with van der Waals surface area (Å²) in [6.07, 6.45) is 3.80. The van der Waals surface area contributed by atoms with Gasteiger partial charge in [-0.2, -0.15) is 0 Å². The van der Waals surface area contributed by atoms with Crippen LogP contribution in [0.3, 0.4) is 0 Å². The van der Waals surface area contributed by atoms with Crippen molar-refractivity contribution in [2.24, 2.45) is 5.92 Å². The zero-order valence-corrected chi connectivity index (χ0v) is 15.8. The van der Waals surface area contributed by atoms with E-state index in [-0.39, 0.29) is 17.4 Å². The molecule has 1 aliphatic heterocycles. The second kappa shape index (κ2) is 9.20. The molecule has 6 nitrogen and oxygen atoms in total. The van der Waals surface area contributed by atoms with Crippen molar-refractivity contribution in [2.45, 2.75) is 44.4 Å². The Bertz CT molecular complexity index is 650. The lowest BCUT2D eigenvalue weighted by Crippen LogP contribution is -2.40. The van der Waals surface area contributed by atoms with E-state index in [1.807, 2.05) is 11.8 Å². The van der Waals surface area contributed by atoms with Gasteiger partial charge in [-0.3, -0.25) is 4.79 Å². The summed E-state index contributed by atoms with van der Waals surface area (Å²) in [6, 6.07) is 6.16. The van der Waals surface area contributed by atoms with E-state index in [9.17, 15) is 13.2 Å². The van der Waals surface area contributed by atoms with Crippen molar-refractivity contribution in [3.8, 4) is 5.75 Å². The van der Waals surface area contributed by atoms with E-state index in [1.165, 1.54) is 12.1 Å². The first kappa shape index (κ1) is 19.7. The maximum Gasteiger partial charge on any atom is 0.260 e. The number of amides is 1. The molecule has 1 heterocycles. The molecule has 0 saturated carbocycles. The van der Waals surface area contributed by atoms with E-state index in [4.69, 9.17) is 4.74 Å². The van der Waals surface area contributed by atoms with Gasteiger partial charge in [-0.05, 0) is 49.4 Å². The third kappa shape index (κ3) is 6.01. The van der Waals surface area contributed by atoms with Crippen molar-refractivity contribution in [1.82, 2.24) is 9.62 Å². The predicted octanol–water partition coefficient (Wildman–Crippen LogP) is 2.40. The first-order valence-electron chi connectivity index (χ1n) is 8.92. The molecule has 0 radical (unpaired) electrons. The predicted molar refractivity (Wildman–Crippen MR) is 97.0 cm³/mol. The van der Waals surface area contributed by atoms with Gasteiger partial charge in [0.05, 0.1) is 4.90 Å². The molecule has 0 spiro atoms. The van der Waals surface area contributed by atoms with Gasteiger partial charge >= 0.3 is 0 Å². The number of carbonyl (C=O) groups excluding carboxylic acids is 1. The monoisotopic (exact) mass is 368 g/mol. The highest BCUT2D eigenvalue weighted by Gasteiger charge is 2.20. The minimum absolute atomic E-state index is 0.0186. The van der Waals surface area contributed by atoms with E-state index in [1.54, 1.807) is 12.1 Å². The van der Waals surface area contributed by atoms with Gasteiger partial charge in [-0.25, -0.2) is 13.1 Å². The Morgan fingerprint density at radius 1 is 1.24 bits per heavy atom. The summed E-state index contributed by atoms with van der Waals surface area (Å²) < 4.78 is 32.3. The first-order chi connectivity index (χ1) is 11.9. The van der Waals surface area contributed by atoms with Gasteiger partial charge in [-0.1, -0.05) is 20.3 Å². The van der Waals surface area contributed by atoms with Gasteiger partial charge in [0.25, 0.3) is 5.91 Å². The Balaban J connectivity index is 1.84. The van der Waals surface area contributed by atoms with E-state index >= 15 is 0 Å². The van der Waals surface area contributed by atoms with Crippen molar-refractivity contribution in [3.05, 3.63) is 24.3 Å². The van der Waals surface area contributed by atoms with E-state index in [0.29, 0.717) is 18.2 Å². The topological polar surface area (TPSA) is 75.7 Å². The van der Waals surface area contributed by atoms with E-state index < -0.39 is 10.0 Å². The SMILES string of the molecule is CCCCNS(=O)(=O)c1ccc(OCC(=O)N2CCC(C)CC2)cc1. The fourth-order valence-electron chi connectivity index (χ4n) is 2.68. The Kier molecular flexibility index (Phi) is 7.25. The zero-order valence-electron chi connectivity index (χ0n) is 15.0. The minimum Gasteiger partial charge on any atom is -0.484 e. The number of hydrogen-bond donors (Lipinski definition) is 1. The van der Waals surface area contributed by atoms with Gasteiger partial charge in [0.2, 0.25) is 10.0 Å². The summed E-state index contributed by atoms with van der Waals surface area (Å²) in [4.78, 5) is 14.2. The number of hydrogen-bond acceptors (Lipinski definition) is 4. The summed E-state index contributed by atoms with van der Waals surface area (Å²) in [7, 11) is -3.48. The quantitative estimate of drug-likeness (QED) is 0.715. The molecule has 1 amide bonds. The van der Waals surface area contributed by atoms with E-state index in [0.717, 1.165) is 38.8 Å². The molecule has 0 unspecified atom stereocenters. The van der Waals surface area contributed by atoms with Crippen LogP contribution in [0.1, 0.15) is 39.5 Å². The standard InChI is InChI=1S/C18H28N2O4S/c1-3-4-11-19-25(22,23)17-7-5-16(6-8-17)24-14-18(21)20-12-9-15(2)10-13-20/h5-8,15,19H,3-4,9-14H2,1-2H3. The summed E-state index contributed by atoms with van der Waals surface area (Å²) in [5.74, 6) is 1.14. The Labute approximate surface area is 150 Å². The maximum atomic E-state index is 12.1. The third-order valence-electron chi connectivity index (χ3n) is 4.46. The Morgan fingerprint density at radius 2 is 1.88 bits per heavy atom. The first-order valence-corrected chi connectivity index (χ1v) is 10.4. The summed E-state index contributed by atoms with van der Waals surface area (Å²) in [5, 5.41) is 0. The molecule has 7 heteroatoms. The van der Waals surface area contributed by atoms with Crippen LogP contribution in [-0.4, -0.2) is 45.5 Å². The number of piperidine rings is 1. The molecule has 1 aromatic carbocycles. The van der Waals surface area contributed by atoms with Crippen molar-refractivity contribution in [1.29, 1.82) is 0 Å². The number of carbonyl (C=O) groups is 1. The summed E-state index contributed by atoms with van der Waals surface area (Å²) >= 11 is 0. The minimum atomic E-state index is -3.48. The lowest BCUT2D eigenvalue weighted by atomic mass is 9.99. The number of nitrogens with zero attached hydrogens (tertiary/aromatic N) is 1. The summed E-state index contributed by atoms with van der Waals surface area (Å²) in [6.45, 7) is 6.18. The molecule has 1 aliphatic rings. The van der Waals surface area contributed by atoms with Crippen LogP contribution in [0.15, 0.2) is 29.2 Å². The Morgan fingerprint density at radius 3 is 2.48 bits per heavy atom. The van der Waals surface area contributed by atoms with Crippen LogP contribution in [0.4, 0.5) is 0 Å². The van der Waals surface area contributed by atoms with Crippen LogP contribution >= 0.6 is 0 Å². The summed E-state index contributed by atoms with van der Waals surface area (Å²) in [5.41, 5.74) is 0. The van der Waals surface area contributed by atoms with Crippen molar-refractivity contribution >= 4 is 15.9 Å². The molecule has 0 aliphatic carbocycles. The fraction of sp³-hybridized carbons (Fsp3) is 0.611. The van der Waals surface area contributed by atoms with Crippen molar-refractivity contribution < 1.29 is 17.9 Å². The molecule has 0 aromatic heterocycles. The van der Waals surface area contributed by atoms with Gasteiger partial charge < -0.3 is 9.64 Å². The number of nitrogens with one attached hydrogen (secondary N) is 1. The molecule has 0 bridgehead atoms. The lowest BCUT2D eigenvalue weighted by molar-refractivity contribution is -0.134. The van der Waals surface area contributed by atoms with Crippen LogP contribution in [0.5, 0.6) is 5.75 Å². The van der Waals surface area contributed by atoms with Crippen LogP contribution < -0.4 is 9.46 Å². The molecular formula is C18H28N2O4S. The molecule has 1 fully saturated rings. The number of sulfonamides is 1. The number of likely N-dealkylation sites (tertiary alicyclic amines) is 1. The molecule has 140 valence electrons. The van der Waals surface area contributed by atoms with Crippen molar-refractivity contribution in [3.63, 3.8) is 0 Å². The number of benzene rings is 1. The Hall–Kier alpha value is -1.60. The second-order valence-corrected chi connectivity index (χ2v) is 8.34. The molecule has 2 rings (SSSR count). The smallest absolute Gasteiger partial charge is 0.260 e. The van der Waals surface area contributed by atoms with Crippen LogP contribution in [0, 0.1) is 5.92 Å². The fourth-order valence-corrected chi connectivity index (χ4v) is 3.75. The van der Waals surface area contributed by atoms with Crippen LogP contribution in [0.2, 0.25) is 0 Å². The van der Waals surface area contributed by atoms with Crippen LogP contribution in [0.25, 0.3) is 0 Å². The number of unbranched alkanes of at least 4 members (excludes halogenated alkanes) is 1. The highest BCUT2D eigenvalue weighted by Crippen LogP contribution is 2.18. The molecule has 1 saturated heterocycles. The average Bonchev–Trinajstić information content (AvgIpc) is 2.61. The van der Waals surface area contributed by atoms with E-state index in [2.05, 4.69) is 11.6 Å². The molecule has 0 atom stereocenters. The maximum absolute atomic E-state index is 12.1. The molecular weight excluding hydrogens is 340 g/mol. The van der Waals surface area contributed by atoms with Crippen LogP contribution in [-0.2, 0) is 14.8 Å². The van der Waals surface area contributed by atoms with Gasteiger partial charge in [-0.15, -0.1) is 0 Å². The highest BCUT2D eigenvalue weighted by atomic mass is 32.2. The average molecular weight is 368 g/mol. The zero-order chi connectivity index (χ0) is 18.3. The molecule has 1 N–H and O–H groups in total. The third-order valence-corrected chi connectivity index (χ3v) is 5.93. The lowest BCUT2D eigenvalue weighted by Gasteiger charge is -2.30.